The van der Waals surface area contributed by atoms with Gasteiger partial charge < -0.3 is 10.1 Å². The first-order chi connectivity index (χ1) is 11.3. The summed E-state index contributed by atoms with van der Waals surface area (Å²) in [6, 6.07) is 13.9. The molecule has 0 heterocycles. The van der Waals surface area contributed by atoms with E-state index in [1.165, 1.54) is 5.56 Å². The van der Waals surface area contributed by atoms with Gasteiger partial charge in [-0.2, -0.15) is 0 Å². The maximum Gasteiger partial charge on any atom is 0.262 e. The number of nitrogens with one attached hydrogen (secondary N) is 1. The van der Waals surface area contributed by atoms with Crippen molar-refractivity contribution < 1.29 is 9.53 Å². The summed E-state index contributed by atoms with van der Waals surface area (Å²) < 4.78 is 5.81. The third kappa shape index (κ3) is 4.60. The second-order valence-corrected chi connectivity index (χ2v) is 7.10. The lowest BCUT2D eigenvalue weighted by atomic mass is 9.85. The highest BCUT2D eigenvalue weighted by molar-refractivity contribution is 5.92. The molecule has 3 nitrogen and oxygen atoms in total. The van der Waals surface area contributed by atoms with E-state index in [-0.39, 0.29) is 17.9 Å². The van der Waals surface area contributed by atoms with Crippen LogP contribution in [0.1, 0.15) is 44.4 Å². The fraction of sp³-hybridized carbons (Fsp3) is 0.381. The van der Waals surface area contributed by atoms with E-state index in [1.54, 1.807) is 0 Å². The zero-order chi connectivity index (χ0) is 17.7. The van der Waals surface area contributed by atoms with Gasteiger partial charge >= 0.3 is 0 Å². The highest BCUT2D eigenvalue weighted by Crippen LogP contribution is 2.32. The second kappa shape index (κ2) is 7.52. The van der Waals surface area contributed by atoms with Crippen LogP contribution in [0, 0.1) is 6.92 Å². The van der Waals surface area contributed by atoms with Crippen molar-refractivity contribution in [2.45, 2.75) is 46.5 Å². The molecule has 0 aliphatic rings. The van der Waals surface area contributed by atoms with Gasteiger partial charge in [0.15, 0.2) is 6.61 Å². The predicted octanol–water partition coefficient (Wildman–Crippen LogP) is 4.87. The monoisotopic (exact) mass is 325 g/mol. The van der Waals surface area contributed by atoms with Crippen molar-refractivity contribution in [3.05, 3.63) is 59.2 Å². The first-order valence-corrected chi connectivity index (χ1v) is 8.43. The zero-order valence-corrected chi connectivity index (χ0v) is 15.3. The summed E-state index contributed by atoms with van der Waals surface area (Å²) >= 11 is 0. The fourth-order valence-electron chi connectivity index (χ4n) is 2.64. The van der Waals surface area contributed by atoms with Gasteiger partial charge in [-0.3, -0.25) is 4.79 Å². The van der Waals surface area contributed by atoms with Crippen LogP contribution < -0.4 is 10.1 Å². The van der Waals surface area contributed by atoms with E-state index in [0.717, 1.165) is 29.0 Å². The highest BCUT2D eigenvalue weighted by Gasteiger charge is 2.19. The molecule has 1 N–H and O–H groups in total. The number of hydrogen-bond donors (Lipinski definition) is 1. The summed E-state index contributed by atoms with van der Waals surface area (Å²) in [6.45, 7) is 10.6. The molecule has 24 heavy (non-hydrogen) atoms. The number of amides is 1. The molecule has 0 aromatic heterocycles. The number of hydrogen-bond acceptors (Lipinski definition) is 2. The number of carbonyl (C=O) groups excluding carboxylic acids is 1. The third-order valence-corrected chi connectivity index (χ3v) is 3.97. The Morgan fingerprint density at radius 3 is 2.50 bits per heavy atom. The molecule has 0 saturated heterocycles. The molecule has 0 unspecified atom stereocenters. The van der Waals surface area contributed by atoms with Crippen LogP contribution in [0.25, 0.3) is 0 Å². The standard InChI is InChI=1S/C21H27NO2/c1-6-16-9-7-8-10-18(16)22-20(23)14-24-19-12-11-15(2)13-17(19)21(3,4)5/h7-13H,6,14H2,1-5H3,(H,22,23). The second-order valence-electron chi connectivity index (χ2n) is 7.10. The molecule has 0 aliphatic carbocycles. The summed E-state index contributed by atoms with van der Waals surface area (Å²) in [7, 11) is 0. The van der Waals surface area contributed by atoms with E-state index in [9.17, 15) is 4.79 Å². The van der Waals surface area contributed by atoms with Crippen LogP contribution in [0.5, 0.6) is 5.75 Å². The van der Waals surface area contributed by atoms with Crippen molar-refractivity contribution in [2.75, 3.05) is 11.9 Å². The lowest BCUT2D eigenvalue weighted by molar-refractivity contribution is -0.118. The van der Waals surface area contributed by atoms with E-state index >= 15 is 0 Å². The normalized spacial score (nSPS) is 11.2. The van der Waals surface area contributed by atoms with Crippen molar-refractivity contribution in [1.29, 1.82) is 0 Å². The molecule has 0 bridgehead atoms. The van der Waals surface area contributed by atoms with Crippen molar-refractivity contribution in [2.24, 2.45) is 0 Å². The van der Waals surface area contributed by atoms with Gasteiger partial charge in [-0.05, 0) is 42.0 Å². The van der Waals surface area contributed by atoms with Crippen LogP contribution in [0.3, 0.4) is 0 Å². The fourth-order valence-corrected chi connectivity index (χ4v) is 2.64. The average Bonchev–Trinajstić information content (AvgIpc) is 2.53. The molecule has 1 amide bonds. The van der Waals surface area contributed by atoms with Crippen LogP contribution in [0.4, 0.5) is 5.69 Å². The van der Waals surface area contributed by atoms with Crippen molar-refractivity contribution >= 4 is 11.6 Å². The number of ether oxygens (including phenoxy) is 1. The largest absolute Gasteiger partial charge is 0.483 e. The predicted molar refractivity (Wildman–Crippen MR) is 99.8 cm³/mol. The van der Waals surface area contributed by atoms with E-state index in [0.29, 0.717) is 0 Å². The van der Waals surface area contributed by atoms with Crippen LogP contribution in [0.2, 0.25) is 0 Å². The maximum absolute atomic E-state index is 12.2. The molecular weight excluding hydrogens is 298 g/mol. The smallest absolute Gasteiger partial charge is 0.262 e. The number of benzene rings is 2. The van der Waals surface area contributed by atoms with Gasteiger partial charge in [0, 0.05) is 5.69 Å². The van der Waals surface area contributed by atoms with Crippen molar-refractivity contribution in [1.82, 2.24) is 0 Å². The summed E-state index contributed by atoms with van der Waals surface area (Å²) in [5.74, 6) is 0.628. The minimum atomic E-state index is -0.142. The van der Waals surface area contributed by atoms with Crippen LogP contribution in [-0.4, -0.2) is 12.5 Å². The number of aryl methyl sites for hydroxylation is 2. The van der Waals surface area contributed by atoms with Crippen molar-refractivity contribution in [3.8, 4) is 5.75 Å². The Morgan fingerprint density at radius 1 is 1.12 bits per heavy atom. The summed E-state index contributed by atoms with van der Waals surface area (Å²) in [5.41, 5.74) is 4.25. The molecule has 0 fully saturated rings. The molecule has 3 heteroatoms. The van der Waals surface area contributed by atoms with E-state index in [1.807, 2.05) is 36.4 Å². The Hall–Kier alpha value is -2.29. The molecule has 0 saturated carbocycles. The van der Waals surface area contributed by atoms with Crippen LogP contribution in [-0.2, 0) is 16.6 Å². The number of para-hydroxylation sites is 1. The minimum absolute atomic E-state index is 0.00416. The Bertz CT molecular complexity index is 714. The lowest BCUT2D eigenvalue weighted by Gasteiger charge is -2.23. The summed E-state index contributed by atoms with van der Waals surface area (Å²) in [6.07, 6.45) is 0.878. The van der Waals surface area contributed by atoms with E-state index < -0.39 is 0 Å². The Kier molecular flexibility index (Phi) is 5.66. The van der Waals surface area contributed by atoms with E-state index in [4.69, 9.17) is 4.74 Å². The molecule has 2 aromatic rings. The highest BCUT2D eigenvalue weighted by atomic mass is 16.5. The van der Waals surface area contributed by atoms with Gasteiger partial charge in [0.25, 0.3) is 5.91 Å². The third-order valence-electron chi connectivity index (χ3n) is 3.97. The SMILES string of the molecule is CCc1ccccc1NC(=O)COc1ccc(C)cc1C(C)(C)C. The van der Waals surface area contributed by atoms with Gasteiger partial charge in [-0.15, -0.1) is 0 Å². The molecule has 2 aromatic carbocycles. The number of anilines is 1. The topological polar surface area (TPSA) is 38.3 Å². The number of carbonyl (C=O) groups is 1. The Morgan fingerprint density at radius 2 is 1.83 bits per heavy atom. The molecule has 2 rings (SSSR count). The van der Waals surface area contributed by atoms with Crippen LogP contribution in [0.15, 0.2) is 42.5 Å². The molecule has 0 radical (unpaired) electrons. The lowest BCUT2D eigenvalue weighted by Crippen LogP contribution is -2.22. The van der Waals surface area contributed by atoms with Gasteiger partial charge in [0.1, 0.15) is 5.75 Å². The van der Waals surface area contributed by atoms with Gasteiger partial charge in [0.05, 0.1) is 0 Å². The first kappa shape index (κ1) is 18.1. The molecule has 0 aliphatic heterocycles. The molecule has 0 atom stereocenters. The van der Waals surface area contributed by atoms with Gasteiger partial charge in [-0.25, -0.2) is 0 Å². The summed E-state index contributed by atoms with van der Waals surface area (Å²) in [5, 5.41) is 2.94. The zero-order valence-electron chi connectivity index (χ0n) is 15.3. The maximum atomic E-state index is 12.2. The summed E-state index contributed by atoms with van der Waals surface area (Å²) in [4.78, 5) is 12.2. The quantitative estimate of drug-likeness (QED) is 0.851. The Labute approximate surface area is 145 Å². The van der Waals surface area contributed by atoms with Crippen molar-refractivity contribution in [3.63, 3.8) is 0 Å². The molecule has 128 valence electrons. The number of rotatable bonds is 5. The molecular formula is C21H27NO2. The van der Waals surface area contributed by atoms with Gasteiger partial charge in [0.2, 0.25) is 0 Å². The first-order valence-electron chi connectivity index (χ1n) is 8.43. The van der Waals surface area contributed by atoms with Crippen LogP contribution >= 0.6 is 0 Å². The van der Waals surface area contributed by atoms with Gasteiger partial charge in [-0.1, -0.05) is 63.6 Å². The van der Waals surface area contributed by atoms with E-state index in [2.05, 4.69) is 46.0 Å². The Balaban J connectivity index is 2.07. The average molecular weight is 325 g/mol. The minimum Gasteiger partial charge on any atom is -0.483 e. The molecule has 0 spiro atoms.